The summed E-state index contributed by atoms with van der Waals surface area (Å²) in [5.41, 5.74) is 4.05. The Kier molecular flexibility index (Phi) is 7.41. The highest BCUT2D eigenvalue weighted by Gasteiger charge is 2.13. The minimum atomic E-state index is -0.0921. The maximum Gasteiger partial charge on any atom is 0.226 e. The fourth-order valence-corrected chi connectivity index (χ4v) is 2.99. The van der Waals surface area contributed by atoms with Crippen molar-refractivity contribution in [3.05, 3.63) is 59.2 Å². The molecule has 0 heterocycles. The van der Waals surface area contributed by atoms with Crippen LogP contribution in [-0.2, 0) is 16.0 Å². The summed E-state index contributed by atoms with van der Waals surface area (Å²) >= 11 is 0. The van der Waals surface area contributed by atoms with Crippen LogP contribution in [0.5, 0.6) is 5.75 Å². The number of anilines is 1. The normalized spacial score (nSPS) is 10.4. The molecule has 1 N–H and O–H groups in total. The Labute approximate surface area is 161 Å². The molecule has 144 valence electrons. The summed E-state index contributed by atoms with van der Waals surface area (Å²) in [6.07, 6.45) is 0.946. The highest BCUT2D eigenvalue weighted by molar-refractivity contribution is 5.91. The number of hydrogen-bond donors (Lipinski definition) is 1. The Hall–Kier alpha value is -2.82. The molecule has 2 amide bonds. The van der Waals surface area contributed by atoms with Gasteiger partial charge >= 0.3 is 0 Å². The van der Waals surface area contributed by atoms with E-state index in [0.29, 0.717) is 19.5 Å². The third kappa shape index (κ3) is 6.13. The van der Waals surface area contributed by atoms with E-state index in [1.807, 2.05) is 56.3 Å². The van der Waals surface area contributed by atoms with E-state index in [1.54, 1.807) is 12.0 Å². The van der Waals surface area contributed by atoms with Crippen LogP contribution in [0, 0.1) is 13.8 Å². The zero-order valence-corrected chi connectivity index (χ0v) is 16.5. The van der Waals surface area contributed by atoms with Crippen molar-refractivity contribution in [3.63, 3.8) is 0 Å². The van der Waals surface area contributed by atoms with Gasteiger partial charge in [-0.05, 0) is 43.5 Å². The summed E-state index contributed by atoms with van der Waals surface area (Å²) in [6, 6.07) is 13.7. The first kappa shape index (κ1) is 20.5. The van der Waals surface area contributed by atoms with Gasteiger partial charge in [0, 0.05) is 32.1 Å². The van der Waals surface area contributed by atoms with Crippen LogP contribution in [0.1, 0.15) is 30.0 Å². The molecule has 0 saturated carbocycles. The van der Waals surface area contributed by atoms with Crippen molar-refractivity contribution >= 4 is 17.5 Å². The molecule has 2 rings (SSSR count). The van der Waals surface area contributed by atoms with Gasteiger partial charge in [0.2, 0.25) is 11.8 Å². The molecular weight excluding hydrogens is 340 g/mol. The lowest BCUT2D eigenvalue weighted by Crippen LogP contribution is -2.33. The average Bonchev–Trinajstić information content (AvgIpc) is 2.64. The van der Waals surface area contributed by atoms with Gasteiger partial charge in [0.1, 0.15) is 5.75 Å². The van der Waals surface area contributed by atoms with Crippen molar-refractivity contribution in [1.82, 2.24) is 4.90 Å². The standard InChI is InChI=1S/C22H28N2O3/c1-16-9-10-20(17(2)15-16)23-22(26)12-14-24(18(3)25)13-11-19-7-5-6-8-21(19)27-4/h5-10,15H,11-14H2,1-4H3,(H,23,26). The zero-order valence-electron chi connectivity index (χ0n) is 16.5. The molecule has 0 unspecified atom stereocenters. The fourth-order valence-electron chi connectivity index (χ4n) is 2.99. The summed E-state index contributed by atoms with van der Waals surface area (Å²) < 4.78 is 5.35. The number of carbonyl (C=O) groups is 2. The Bertz CT molecular complexity index is 802. The van der Waals surface area contributed by atoms with Gasteiger partial charge < -0.3 is 15.0 Å². The summed E-state index contributed by atoms with van der Waals surface area (Å²) in [6.45, 7) is 6.46. The second-order valence-electron chi connectivity index (χ2n) is 6.68. The van der Waals surface area contributed by atoms with Crippen molar-refractivity contribution in [2.45, 2.75) is 33.6 Å². The summed E-state index contributed by atoms with van der Waals surface area (Å²) in [7, 11) is 1.64. The lowest BCUT2D eigenvalue weighted by Gasteiger charge is -2.21. The molecular formula is C22H28N2O3. The van der Waals surface area contributed by atoms with Gasteiger partial charge in [-0.1, -0.05) is 35.9 Å². The van der Waals surface area contributed by atoms with Gasteiger partial charge in [-0.25, -0.2) is 0 Å². The number of nitrogens with one attached hydrogen (secondary N) is 1. The molecule has 5 heteroatoms. The number of para-hydroxylation sites is 1. The third-order valence-electron chi connectivity index (χ3n) is 4.55. The number of methoxy groups -OCH3 is 1. The molecule has 27 heavy (non-hydrogen) atoms. The van der Waals surface area contributed by atoms with Gasteiger partial charge in [-0.3, -0.25) is 9.59 Å². The number of aryl methyl sites for hydroxylation is 2. The molecule has 5 nitrogen and oxygen atoms in total. The molecule has 0 aliphatic carbocycles. The lowest BCUT2D eigenvalue weighted by molar-refractivity contribution is -0.129. The minimum Gasteiger partial charge on any atom is -0.496 e. The van der Waals surface area contributed by atoms with Crippen LogP contribution in [0.15, 0.2) is 42.5 Å². The molecule has 0 radical (unpaired) electrons. The van der Waals surface area contributed by atoms with E-state index in [9.17, 15) is 9.59 Å². The van der Waals surface area contributed by atoms with Crippen LogP contribution in [-0.4, -0.2) is 36.9 Å². The van der Waals surface area contributed by atoms with Crippen molar-refractivity contribution in [2.75, 3.05) is 25.5 Å². The average molecular weight is 368 g/mol. The molecule has 0 spiro atoms. The number of hydrogen-bond acceptors (Lipinski definition) is 3. The predicted octanol–water partition coefficient (Wildman–Crippen LogP) is 3.73. The molecule has 0 fully saturated rings. The number of ether oxygens (including phenoxy) is 1. The van der Waals surface area contributed by atoms with Gasteiger partial charge in [0.25, 0.3) is 0 Å². The topological polar surface area (TPSA) is 58.6 Å². The fraction of sp³-hybridized carbons (Fsp3) is 0.364. The highest BCUT2D eigenvalue weighted by Crippen LogP contribution is 2.18. The number of carbonyl (C=O) groups excluding carboxylic acids is 2. The highest BCUT2D eigenvalue weighted by atomic mass is 16.5. The van der Waals surface area contributed by atoms with Crippen LogP contribution in [0.3, 0.4) is 0 Å². The maximum absolute atomic E-state index is 12.3. The van der Waals surface area contributed by atoms with E-state index in [2.05, 4.69) is 5.32 Å². The molecule has 0 aliphatic rings. The van der Waals surface area contributed by atoms with Crippen molar-refractivity contribution in [3.8, 4) is 5.75 Å². The summed E-state index contributed by atoms with van der Waals surface area (Å²) in [5.74, 6) is 0.684. The van der Waals surface area contributed by atoms with Crippen LogP contribution < -0.4 is 10.1 Å². The van der Waals surface area contributed by atoms with Crippen molar-refractivity contribution in [2.24, 2.45) is 0 Å². The van der Waals surface area contributed by atoms with Crippen LogP contribution >= 0.6 is 0 Å². The summed E-state index contributed by atoms with van der Waals surface area (Å²) in [4.78, 5) is 25.9. The Morgan fingerprint density at radius 2 is 1.81 bits per heavy atom. The monoisotopic (exact) mass is 368 g/mol. The van der Waals surface area contributed by atoms with E-state index in [1.165, 1.54) is 6.92 Å². The largest absolute Gasteiger partial charge is 0.496 e. The molecule has 0 saturated heterocycles. The number of amides is 2. The van der Waals surface area contributed by atoms with Crippen LogP contribution in [0.25, 0.3) is 0 Å². The van der Waals surface area contributed by atoms with E-state index in [-0.39, 0.29) is 18.2 Å². The SMILES string of the molecule is COc1ccccc1CCN(CCC(=O)Nc1ccc(C)cc1C)C(C)=O. The van der Waals surface area contributed by atoms with Gasteiger partial charge in [0.05, 0.1) is 7.11 Å². The smallest absolute Gasteiger partial charge is 0.226 e. The van der Waals surface area contributed by atoms with Gasteiger partial charge in [-0.15, -0.1) is 0 Å². The number of rotatable bonds is 8. The second kappa shape index (κ2) is 9.76. The number of nitrogens with zero attached hydrogens (tertiary/aromatic N) is 1. The first-order chi connectivity index (χ1) is 12.9. The molecule has 0 aromatic heterocycles. The quantitative estimate of drug-likeness (QED) is 0.772. The van der Waals surface area contributed by atoms with Gasteiger partial charge in [-0.2, -0.15) is 0 Å². The maximum atomic E-state index is 12.3. The lowest BCUT2D eigenvalue weighted by atomic mass is 10.1. The predicted molar refractivity (Wildman–Crippen MR) is 108 cm³/mol. The van der Waals surface area contributed by atoms with Crippen molar-refractivity contribution < 1.29 is 14.3 Å². The molecule has 0 bridgehead atoms. The Balaban J connectivity index is 1.90. The molecule has 0 aliphatic heterocycles. The zero-order chi connectivity index (χ0) is 19.8. The van der Waals surface area contributed by atoms with Crippen molar-refractivity contribution in [1.29, 1.82) is 0 Å². The Morgan fingerprint density at radius 1 is 1.07 bits per heavy atom. The molecule has 0 atom stereocenters. The van der Waals surface area contributed by atoms with E-state index >= 15 is 0 Å². The van der Waals surface area contributed by atoms with E-state index < -0.39 is 0 Å². The number of benzene rings is 2. The first-order valence-corrected chi connectivity index (χ1v) is 9.15. The molecule has 2 aromatic rings. The van der Waals surface area contributed by atoms with Crippen LogP contribution in [0.4, 0.5) is 5.69 Å². The van der Waals surface area contributed by atoms with Gasteiger partial charge in [0.15, 0.2) is 0 Å². The van der Waals surface area contributed by atoms with E-state index in [0.717, 1.165) is 28.1 Å². The minimum absolute atomic E-state index is 0.0378. The third-order valence-corrected chi connectivity index (χ3v) is 4.55. The van der Waals surface area contributed by atoms with E-state index in [4.69, 9.17) is 4.74 Å². The first-order valence-electron chi connectivity index (χ1n) is 9.15. The summed E-state index contributed by atoms with van der Waals surface area (Å²) in [5, 5.41) is 2.93. The Morgan fingerprint density at radius 3 is 2.48 bits per heavy atom. The van der Waals surface area contributed by atoms with Crippen LogP contribution in [0.2, 0.25) is 0 Å². The second-order valence-corrected chi connectivity index (χ2v) is 6.68. The molecule has 2 aromatic carbocycles.